The van der Waals surface area contributed by atoms with E-state index in [-0.39, 0.29) is 44.6 Å². The minimum atomic E-state index is -0.657. The topological polar surface area (TPSA) is 66.8 Å². The second-order valence-corrected chi connectivity index (χ2v) is 15.3. The van der Waals surface area contributed by atoms with Crippen molar-refractivity contribution >= 4 is 5.97 Å². The zero-order valence-corrected chi connectivity index (χ0v) is 22.4. The normalized spacial score (nSPS) is 56.9. The van der Waals surface area contributed by atoms with E-state index in [9.17, 15) is 15.0 Å². The highest BCUT2D eigenvalue weighted by molar-refractivity contribution is 5.81. The van der Waals surface area contributed by atoms with E-state index >= 15 is 0 Å². The molecule has 1 aliphatic heterocycles. The lowest BCUT2D eigenvalue weighted by Gasteiger charge is -2.71. The summed E-state index contributed by atoms with van der Waals surface area (Å²) in [6.07, 6.45) is 9.25. The average molecular weight is 471 g/mol. The molecule has 0 aromatic heterocycles. The molecule has 34 heavy (non-hydrogen) atoms. The van der Waals surface area contributed by atoms with Crippen LogP contribution in [0.4, 0.5) is 0 Å². The quantitative estimate of drug-likeness (QED) is 0.354. The van der Waals surface area contributed by atoms with Crippen LogP contribution < -0.4 is 0 Å². The summed E-state index contributed by atoms with van der Waals surface area (Å²) in [5.41, 5.74) is 1.18. The second-order valence-electron chi connectivity index (χ2n) is 15.3. The number of esters is 1. The van der Waals surface area contributed by atoms with Gasteiger partial charge in [-0.3, -0.25) is 4.79 Å². The standard InChI is InChI=1S/C30H46O4/c1-25(2)14-18-17-8-9-21-27(5)15-19(31)23(32)26(3,4)20(27)10-11-29(21,7)28(17,6)12-13-30(18)16-22(25)34-24(30)33/h8,18-23,31-32H,9-16H2,1-7H3/t18-,19+,20+,21+,22-,23-,27-,28+,29+,30+/m0/s1. The Morgan fingerprint density at radius 2 is 1.62 bits per heavy atom. The van der Waals surface area contributed by atoms with E-state index in [1.807, 2.05) is 0 Å². The number of allylic oxidation sites excluding steroid dienone is 2. The van der Waals surface area contributed by atoms with Crippen LogP contribution in [-0.2, 0) is 9.53 Å². The summed E-state index contributed by atoms with van der Waals surface area (Å²) in [5, 5.41) is 21.9. The van der Waals surface area contributed by atoms with Gasteiger partial charge in [0.05, 0.1) is 17.6 Å². The Morgan fingerprint density at radius 3 is 2.32 bits per heavy atom. The molecule has 1 heterocycles. The molecule has 10 atom stereocenters. The zero-order chi connectivity index (χ0) is 24.7. The van der Waals surface area contributed by atoms with Crippen LogP contribution >= 0.6 is 0 Å². The largest absolute Gasteiger partial charge is 0.461 e. The van der Waals surface area contributed by atoms with E-state index in [2.05, 4.69) is 54.5 Å². The van der Waals surface area contributed by atoms with Crippen molar-refractivity contribution in [2.75, 3.05) is 0 Å². The third-order valence-electron chi connectivity index (χ3n) is 13.4. The first-order valence-corrected chi connectivity index (χ1v) is 13.9. The highest BCUT2D eigenvalue weighted by atomic mass is 16.6. The van der Waals surface area contributed by atoms with Crippen molar-refractivity contribution in [2.45, 2.75) is 118 Å². The summed E-state index contributed by atoms with van der Waals surface area (Å²) < 4.78 is 6.02. The van der Waals surface area contributed by atoms with Crippen molar-refractivity contribution < 1.29 is 19.7 Å². The van der Waals surface area contributed by atoms with Gasteiger partial charge >= 0.3 is 5.97 Å². The number of carbonyl (C=O) groups excluding carboxylic acids is 1. The van der Waals surface area contributed by atoms with Gasteiger partial charge in [-0.1, -0.05) is 60.1 Å². The molecule has 1 saturated heterocycles. The molecule has 190 valence electrons. The SMILES string of the molecule is CC1(C)C[C@H]2C3=CC[C@@H]4[C@@]5(C)C[C@@H](O)[C@H](O)C(C)(C)[C@H]5CC[C@@]4(C)[C@]3(C)CC[C@@]23C[C@@H]1OC3=O. The first-order chi connectivity index (χ1) is 15.6. The van der Waals surface area contributed by atoms with E-state index < -0.39 is 12.2 Å². The number of carbonyl (C=O) groups is 1. The first-order valence-electron chi connectivity index (χ1n) is 13.9. The lowest BCUT2D eigenvalue weighted by Crippen LogP contribution is -2.66. The predicted molar refractivity (Wildman–Crippen MR) is 132 cm³/mol. The van der Waals surface area contributed by atoms with Crippen LogP contribution in [-0.4, -0.2) is 34.5 Å². The first kappa shape index (κ1) is 23.5. The van der Waals surface area contributed by atoms with Crippen molar-refractivity contribution in [1.29, 1.82) is 0 Å². The van der Waals surface area contributed by atoms with Gasteiger partial charge in [0, 0.05) is 11.8 Å². The Hall–Kier alpha value is -0.870. The Balaban J connectivity index is 1.45. The number of fused-ring (bicyclic) bond motifs is 7. The fraction of sp³-hybridized carbons (Fsp3) is 0.900. The van der Waals surface area contributed by atoms with E-state index in [0.29, 0.717) is 24.2 Å². The lowest BCUT2D eigenvalue weighted by molar-refractivity contribution is -0.230. The molecule has 0 aromatic carbocycles. The molecule has 0 radical (unpaired) electrons. The van der Waals surface area contributed by atoms with Crippen molar-refractivity contribution in [1.82, 2.24) is 0 Å². The van der Waals surface area contributed by atoms with E-state index in [1.54, 1.807) is 5.57 Å². The zero-order valence-electron chi connectivity index (χ0n) is 22.4. The average Bonchev–Trinajstić information content (AvgIpc) is 3.04. The lowest BCUT2D eigenvalue weighted by atomic mass is 9.33. The molecule has 4 heteroatoms. The van der Waals surface area contributed by atoms with E-state index in [0.717, 1.165) is 44.9 Å². The van der Waals surface area contributed by atoms with Gasteiger partial charge in [-0.15, -0.1) is 0 Å². The minimum Gasteiger partial charge on any atom is -0.461 e. The molecule has 0 aromatic rings. The van der Waals surface area contributed by atoms with Crippen LogP contribution in [0.2, 0.25) is 0 Å². The maximum absolute atomic E-state index is 13.3. The summed E-state index contributed by atoms with van der Waals surface area (Å²) >= 11 is 0. The van der Waals surface area contributed by atoms with Gasteiger partial charge in [-0.2, -0.15) is 0 Å². The smallest absolute Gasteiger partial charge is 0.313 e. The minimum absolute atomic E-state index is 0.00145. The molecule has 2 N–H and O–H groups in total. The van der Waals surface area contributed by atoms with Crippen molar-refractivity contribution in [3.8, 4) is 0 Å². The molecular formula is C30H46O4. The molecule has 0 amide bonds. The summed E-state index contributed by atoms with van der Waals surface area (Å²) in [5.74, 6) is 1.25. The fourth-order valence-corrected chi connectivity index (χ4v) is 11.2. The van der Waals surface area contributed by atoms with E-state index in [4.69, 9.17) is 4.74 Å². The molecule has 4 saturated carbocycles. The summed E-state index contributed by atoms with van der Waals surface area (Å²) in [6.45, 7) is 16.4. The number of aliphatic hydroxyl groups is 2. The van der Waals surface area contributed by atoms with Crippen LogP contribution in [0.1, 0.15) is 99.8 Å². The maximum atomic E-state index is 13.3. The molecule has 1 spiro atoms. The van der Waals surface area contributed by atoms with Gasteiger partial charge in [-0.25, -0.2) is 0 Å². The summed E-state index contributed by atoms with van der Waals surface area (Å²) in [6, 6.07) is 0. The second kappa shape index (κ2) is 6.52. The van der Waals surface area contributed by atoms with Crippen molar-refractivity contribution in [3.63, 3.8) is 0 Å². The van der Waals surface area contributed by atoms with Crippen LogP contribution in [0.3, 0.4) is 0 Å². The molecule has 0 unspecified atom stereocenters. The van der Waals surface area contributed by atoms with Gasteiger partial charge in [0.1, 0.15) is 6.10 Å². The van der Waals surface area contributed by atoms with Crippen LogP contribution in [0.15, 0.2) is 11.6 Å². The van der Waals surface area contributed by atoms with Gasteiger partial charge in [0.25, 0.3) is 0 Å². The molecule has 6 rings (SSSR count). The number of hydrogen-bond donors (Lipinski definition) is 2. The van der Waals surface area contributed by atoms with Crippen LogP contribution in [0.25, 0.3) is 0 Å². The summed E-state index contributed by atoms with van der Waals surface area (Å²) in [4.78, 5) is 13.3. The van der Waals surface area contributed by atoms with Gasteiger partial charge in [0.15, 0.2) is 0 Å². The molecular weight excluding hydrogens is 424 g/mol. The third-order valence-corrected chi connectivity index (χ3v) is 13.4. The Bertz CT molecular complexity index is 965. The number of ether oxygens (including phenoxy) is 1. The number of hydrogen-bond acceptors (Lipinski definition) is 4. The van der Waals surface area contributed by atoms with Crippen molar-refractivity contribution in [3.05, 3.63) is 11.6 Å². The van der Waals surface area contributed by atoms with Crippen LogP contribution in [0, 0.1) is 50.2 Å². The van der Waals surface area contributed by atoms with Crippen LogP contribution in [0.5, 0.6) is 0 Å². The monoisotopic (exact) mass is 470 g/mol. The number of rotatable bonds is 0. The summed E-state index contributed by atoms with van der Waals surface area (Å²) in [7, 11) is 0. The number of aliphatic hydroxyl groups excluding tert-OH is 2. The van der Waals surface area contributed by atoms with Crippen molar-refractivity contribution in [2.24, 2.45) is 50.2 Å². The predicted octanol–water partition coefficient (Wildman–Crippen LogP) is 5.66. The fourth-order valence-electron chi connectivity index (χ4n) is 11.2. The molecule has 5 fully saturated rings. The highest BCUT2D eigenvalue weighted by Crippen LogP contribution is 2.76. The Labute approximate surface area is 205 Å². The van der Waals surface area contributed by atoms with Gasteiger partial charge < -0.3 is 14.9 Å². The molecule has 2 bridgehead atoms. The van der Waals surface area contributed by atoms with E-state index in [1.165, 1.54) is 0 Å². The maximum Gasteiger partial charge on any atom is 0.313 e. The third kappa shape index (κ3) is 2.46. The molecule has 5 aliphatic carbocycles. The van der Waals surface area contributed by atoms with Gasteiger partial charge in [-0.05, 0) is 84.4 Å². The van der Waals surface area contributed by atoms with Gasteiger partial charge in [0.2, 0.25) is 0 Å². The Morgan fingerprint density at radius 1 is 0.912 bits per heavy atom. The molecule has 6 aliphatic rings. The Kier molecular flexibility index (Phi) is 4.51. The molecule has 4 nitrogen and oxygen atoms in total. The highest BCUT2D eigenvalue weighted by Gasteiger charge is 2.72.